The maximum atomic E-state index is 11.6. The summed E-state index contributed by atoms with van der Waals surface area (Å²) in [5, 5.41) is 3.29. The Balaban J connectivity index is 1.99. The summed E-state index contributed by atoms with van der Waals surface area (Å²) in [6, 6.07) is 0.410. The maximum Gasteiger partial charge on any atom is 0.152 e. The number of anilines is 1. The van der Waals surface area contributed by atoms with E-state index in [0.29, 0.717) is 25.6 Å². The second-order valence-corrected chi connectivity index (χ2v) is 7.70. The van der Waals surface area contributed by atoms with Crippen molar-refractivity contribution in [3.05, 3.63) is 18.1 Å². The molecule has 0 atom stereocenters. The predicted molar refractivity (Wildman–Crippen MR) is 79.5 cm³/mol. The van der Waals surface area contributed by atoms with Gasteiger partial charge in [-0.1, -0.05) is 13.8 Å². The molecule has 6 nitrogen and oxygen atoms in total. The fourth-order valence-electron chi connectivity index (χ4n) is 2.08. The molecule has 1 fully saturated rings. The van der Waals surface area contributed by atoms with Gasteiger partial charge in [-0.3, -0.25) is 4.98 Å². The van der Waals surface area contributed by atoms with Gasteiger partial charge in [-0.2, -0.15) is 0 Å². The van der Waals surface area contributed by atoms with Crippen LogP contribution < -0.4 is 10.2 Å². The summed E-state index contributed by atoms with van der Waals surface area (Å²) < 4.78 is 23.2. The van der Waals surface area contributed by atoms with Crippen LogP contribution in [0.2, 0.25) is 0 Å². The van der Waals surface area contributed by atoms with Gasteiger partial charge < -0.3 is 10.2 Å². The molecule has 2 heterocycles. The van der Waals surface area contributed by atoms with Crippen molar-refractivity contribution in [1.82, 2.24) is 15.3 Å². The number of rotatable bonds is 4. The average Bonchev–Trinajstić information content (AvgIpc) is 2.58. The van der Waals surface area contributed by atoms with E-state index in [2.05, 4.69) is 29.1 Å². The lowest BCUT2D eigenvalue weighted by atomic mass is 10.3. The normalized spacial score (nSPS) is 19.1. The van der Waals surface area contributed by atoms with Crippen molar-refractivity contribution < 1.29 is 8.42 Å². The van der Waals surface area contributed by atoms with E-state index in [9.17, 15) is 8.42 Å². The molecule has 1 N–H and O–H groups in total. The highest BCUT2D eigenvalue weighted by Crippen LogP contribution is 2.13. The van der Waals surface area contributed by atoms with Gasteiger partial charge in [0.2, 0.25) is 0 Å². The quantitative estimate of drug-likeness (QED) is 0.877. The molecule has 0 spiro atoms. The molecular formula is C13H22N4O2S. The molecule has 0 unspecified atom stereocenters. The summed E-state index contributed by atoms with van der Waals surface area (Å²) in [6.07, 6.45) is 4.14. The molecular weight excluding hydrogens is 276 g/mol. The second-order valence-electron chi connectivity index (χ2n) is 5.39. The summed E-state index contributed by atoms with van der Waals surface area (Å²) in [6.45, 7) is 6.08. The van der Waals surface area contributed by atoms with Gasteiger partial charge in [0.25, 0.3) is 0 Å². The number of hydrogen-bond donors (Lipinski definition) is 1. The molecule has 1 saturated heterocycles. The van der Waals surface area contributed by atoms with Crippen LogP contribution in [0.15, 0.2) is 12.4 Å². The number of nitrogens with zero attached hydrogens (tertiary/aromatic N) is 3. The van der Waals surface area contributed by atoms with E-state index >= 15 is 0 Å². The van der Waals surface area contributed by atoms with Crippen LogP contribution >= 0.6 is 0 Å². The third-order valence-corrected chi connectivity index (χ3v) is 4.98. The van der Waals surface area contributed by atoms with E-state index in [4.69, 9.17) is 0 Å². The standard InChI is InChI=1S/C13H22N4O2S/c1-11(2)14-8-12-9-16-13(10-15-12)17-4-3-6-20(18,19)7-5-17/h9-11,14H,3-8H2,1-2H3. The summed E-state index contributed by atoms with van der Waals surface area (Å²) in [4.78, 5) is 10.8. The van der Waals surface area contributed by atoms with Gasteiger partial charge in [-0.15, -0.1) is 0 Å². The van der Waals surface area contributed by atoms with Gasteiger partial charge in [0.05, 0.1) is 29.6 Å². The summed E-state index contributed by atoms with van der Waals surface area (Å²) in [7, 11) is -2.89. The monoisotopic (exact) mass is 298 g/mol. The van der Waals surface area contributed by atoms with Crippen LogP contribution in [0.1, 0.15) is 26.0 Å². The maximum absolute atomic E-state index is 11.6. The Bertz CT molecular complexity index is 528. The van der Waals surface area contributed by atoms with E-state index in [1.807, 2.05) is 4.90 Å². The van der Waals surface area contributed by atoms with Gasteiger partial charge in [-0.25, -0.2) is 13.4 Å². The van der Waals surface area contributed by atoms with Gasteiger partial charge in [0.15, 0.2) is 9.84 Å². The first-order chi connectivity index (χ1) is 9.46. The SMILES string of the molecule is CC(C)NCc1cnc(N2CCCS(=O)(=O)CC2)cn1. The van der Waals surface area contributed by atoms with Crippen molar-refractivity contribution >= 4 is 15.7 Å². The number of nitrogens with one attached hydrogen (secondary N) is 1. The zero-order chi connectivity index (χ0) is 14.6. The Morgan fingerprint density at radius 3 is 2.70 bits per heavy atom. The summed E-state index contributed by atoms with van der Waals surface area (Å²) >= 11 is 0. The number of sulfone groups is 1. The smallest absolute Gasteiger partial charge is 0.152 e. The van der Waals surface area contributed by atoms with Gasteiger partial charge in [-0.05, 0) is 6.42 Å². The van der Waals surface area contributed by atoms with Gasteiger partial charge >= 0.3 is 0 Å². The molecule has 0 radical (unpaired) electrons. The van der Waals surface area contributed by atoms with E-state index in [1.54, 1.807) is 12.4 Å². The van der Waals surface area contributed by atoms with E-state index < -0.39 is 9.84 Å². The van der Waals surface area contributed by atoms with Gasteiger partial charge in [0, 0.05) is 25.7 Å². The molecule has 0 aromatic carbocycles. The van der Waals surface area contributed by atoms with Crippen molar-refractivity contribution in [2.24, 2.45) is 0 Å². The summed E-state index contributed by atoms with van der Waals surface area (Å²) in [5.41, 5.74) is 0.893. The molecule has 112 valence electrons. The van der Waals surface area contributed by atoms with Crippen LogP contribution in [0.3, 0.4) is 0 Å². The van der Waals surface area contributed by atoms with Crippen molar-refractivity contribution in [3.8, 4) is 0 Å². The molecule has 1 aromatic heterocycles. The Hall–Kier alpha value is -1.21. The average molecular weight is 298 g/mol. The minimum absolute atomic E-state index is 0.200. The molecule has 0 aliphatic carbocycles. The van der Waals surface area contributed by atoms with Crippen molar-refractivity contribution in [3.63, 3.8) is 0 Å². The molecule has 20 heavy (non-hydrogen) atoms. The third-order valence-electron chi connectivity index (χ3n) is 3.26. The van der Waals surface area contributed by atoms with Crippen LogP contribution in [-0.2, 0) is 16.4 Å². The minimum atomic E-state index is -2.89. The molecule has 0 bridgehead atoms. The van der Waals surface area contributed by atoms with E-state index in [-0.39, 0.29) is 11.5 Å². The molecule has 2 rings (SSSR count). The fraction of sp³-hybridized carbons (Fsp3) is 0.692. The van der Waals surface area contributed by atoms with Crippen LogP contribution in [0.25, 0.3) is 0 Å². The van der Waals surface area contributed by atoms with Crippen LogP contribution in [-0.4, -0.2) is 49.0 Å². The van der Waals surface area contributed by atoms with Crippen molar-refractivity contribution in [2.45, 2.75) is 32.9 Å². The van der Waals surface area contributed by atoms with Crippen molar-refractivity contribution in [2.75, 3.05) is 29.5 Å². The van der Waals surface area contributed by atoms with Crippen LogP contribution in [0.5, 0.6) is 0 Å². The Morgan fingerprint density at radius 2 is 2.05 bits per heavy atom. The molecule has 7 heteroatoms. The van der Waals surface area contributed by atoms with Crippen LogP contribution in [0, 0.1) is 0 Å². The van der Waals surface area contributed by atoms with E-state index in [1.165, 1.54) is 0 Å². The zero-order valence-corrected chi connectivity index (χ0v) is 12.9. The molecule has 1 aliphatic heterocycles. The Kier molecular flexibility index (Phi) is 4.93. The first kappa shape index (κ1) is 15.2. The van der Waals surface area contributed by atoms with Crippen LogP contribution in [0.4, 0.5) is 5.82 Å². The third kappa shape index (κ3) is 4.42. The lowest BCUT2D eigenvalue weighted by molar-refractivity contribution is 0.580. The molecule has 0 saturated carbocycles. The lowest BCUT2D eigenvalue weighted by Crippen LogP contribution is -2.28. The number of aromatic nitrogens is 2. The van der Waals surface area contributed by atoms with Gasteiger partial charge in [0.1, 0.15) is 5.82 Å². The Morgan fingerprint density at radius 1 is 1.25 bits per heavy atom. The first-order valence-electron chi connectivity index (χ1n) is 6.96. The topological polar surface area (TPSA) is 75.2 Å². The van der Waals surface area contributed by atoms with Crippen molar-refractivity contribution in [1.29, 1.82) is 0 Å². The first-order valence-corrected chi connectivity index (χ1v) is 8.78. The zero-order valence-electron chi connectivity index (χ0n) is 12.0. The fourth-order valence-corrected chi connectivity index (χ4v) is 3.35. The summed E-state index contributed by atoms with van der Waals surface area (Å²) in [5.74, 6) is 1.23. The highest BCUT2D eigenvalue weighted by atomic mass is 32.2. The second kappa shape index (κ2) is 6.49. The largest absolute Gasteiger partial charge is 0.354 e. The molecule has 1 aromatic rings. The highest BCUT2D eigenvalue weighted by molar-refractivity contribution is 7.91. The Labute approximate surface area is 120 Å². The molecule has 1 aliphatic rings. The predicted octanol–water partition coefficient (Wildman–Crippen LogP) is 0.599. The minimum Gasteiger partial charge on any atom is -0.354 e. The lowest BCUT2D eigenvalue weighted by Gasteiger charge is -2.20. The highest BCUT2D eigenvalue weighted by Gasteiger charge is 2.20. The number of hydrogen-bond acceptors (Lipinski definition) is 6. The molecule has 0 amide bonds. The van der Waals surface area contributed by atoms with E-state index in [0.717, 1.165) is 18.1 Å².